The summed E-state index contributed by atoms with van der Waals surface area (Å²) in [6.45, 7) is 2.72. The molecule has 0 fully saturated rings. The van der Waals surface area contributed by atoms with E-state index in [1.807, 2.05) is 4.57 Å². The maximum Gasteiger partial charge on any atom is 0.238 e. The number of nitrogens with zero attached hydrogens (tertiary/aromatic N) is 2. The van der Waals surface area contributed by atoms with E-state index in [1.165, 1.54) is 30.0 Å². The van der Waals surface area contributed by atoms with Gasteiger partial charge in [0, 0.05) is 34.5 Å². The van der Waals surface area contributed by atoms with Gasteiger partial charge >= 0.3 is 0 Å². The highest BCUT2D eigenvalue weighted by Crippen LogP contribution is 2.30. The number of benzene rings is 3. The molecule has 1 amide bonds. The Morgan fingerprint density at radius 2 is 1.66 bits per heavy atom. The van der Waals surface area contributed by atoms with Crippen LogP contribution in [0.5, 0.6) is 0 Å². The number of anilines is 1. The van der Waals surface area contributed by atoms with E-state index in [0.717, 1.165) is 18.4 Å². The molecule has 1 aromatic heterocycles. The fourth-order valence-corrected chi connectivity index (χ4v) is 5.79. The predicted octanol–water partition coefficient (Wildman–Crippen LogP) is 3.99. The molecule has 0 atom stereocenters. The minimum absolute atomic E-state index is 0.0255. The van der Waals surface area contributed by atoms with Crippen molar-refractivity contribution in [2.75, 3.05) is 11.1 Å². The van der Waals surface area contributed by atoms with Gasteiger partial charge in [0.25, 0.3) is 0 Å². The number of imidazole rings is 1. The van der Waals surface area contributed by atoms with Crippen molar-refractivity contribution in [3.63, 3.8) is 0 Å². The molecule has 1 aliphatic carbocycles. The van der Waals surface area contributed by atoms with Crippen LogP contribution < -0.4 is 10.5 Å². The van der Waals surface area contributed by atoms with E-state index in [0.29, 0.717) is 39.6 Å². The summed E-state index contributed by atoms with van der Waals surface area (Å²) in [6, 6.07) is 15.9. The van der Waals surface area contributed by atoms with Crippen molar-refractivity contribution in [2.45, 2.75) is 36.4 Å². The van der Waals surface area contributed by atoms with E-state index in [9.17, 15) is 22.8 Å². The van der Waals surface area contributed by atoms with Gasteiger partial charge in [-0.05, 0) is 42.8 Å². The van der Waals surface area contributed by atoms with Gasteiger partial charge in [0.15, 0.2) is 16.7 Å². The van der Waals surface area contributed by atoms with Gasteiger partial charge < -0.3 is 9.88 Å². The molecule has 0 spiro atoms. The lowest BCUT2D eigenvalue weighted by Gasteiger charge is -2.18. The lowest BCUT2D eigenvalue weighted by Crippen LogP contribution is -2.21. The Kier molecular flexibility index (Phi) is 6.91. The van der Waals surface area contributed by atoms with Gasteiger partial charge in [-0.15, -0.1) is 0 Å². The zero-order chi connectivity index (χ0) is 27.0. The molecule has 3 aromatic carbocycles. The molecule has 4 aromatic rings. The average molecular weight is 549 g/mol. The second-order valence-electron chi connectivity index (χ2n) is 8.90. The number of hydrogen-bond donors (Lipinski definition) is 2. The van der Waals surface area contributed by atoms with Crippen molar-refractivity contribution in [1.29, 1.82) is 0 Å². The first-order valence-electron chi connectivity index (χ1n) is 12.0. The molecule has 11 heteroatoms. The predicted molar refractivity (Wildman–Crippen MR) is 145 cm³/mol. The van der Waals surface area contributed by atoms with E-state index in [2.05, 4.69) is 17.2 Å². The number of fused-ring (bicyclic) bond motifs is 3. The molecule has 0 radical (unpaired) electrons. The summed E-state index contributed by atoms with van der Waals surface area (Å²) in [5.41, 5.74) is 2.93. The number of rotatable bonds is 8. The highest BCUT2D eigenvalue weighted by molar-refractivity contribution is 7.99. The number of nitrogens with one attached hydrogen (secondary N) is 1. The lowest BCUT2D eigenvalue weighted by molar-refractivity contribution is -0.113. The molecule has 0 saturated carbocycles. The summed E-state index contributed by atoms with van der Waals surface area (Å²) in [5, 5.41) is 8.64. The van der Waals surface area contributed by atoms with Gasteiger partial charge in [0.05, 0.1) is 21.7 Å². The largest absolute Gasteiger partial charge is 0.325 e. The van der Waals surface area contributed by atoms with Gasteiger partial charge in [0.2, 0.25) is 15.9 Å². The smallest absolute Gasteiger partial charge is 0.238 e. The van der Waals surface area contributed by atoms with Gasteiger partial charge in [-0.2, -0.15) is 0 Å². The van der Waals surface area contributed by atoms with Gasteiger partial charge in [-0.1, -0.05) is 49.4 Å². The van der Waals surface area contributed by atoms with Crippen LogP contribution in [-0.4, -0.2) is 41.2 Å². The summed E-state index contributed by atoms with van der Waals surface area (Å²) in [6.07, 6.45) is 1.83. The monoisotopic (exact) mass is 548 g/mol. The first-order chi connectivity index (χ1) is 18.2. The van der Waals surface area contributed by atoms with Crippen molar-refractivity contribution in [2.24, 2.45) is 5.14 Å². The van der Waals surface area contributed by atoms with Crippen LogP contribution in [0.4, 0.5) is 5.69 Å². The molecule has 0 bridgehead atoms. The molecule has 0 saturated heterocycles. The van der Waals surface area contributed by atoms with Crippen LogP contribution in [0.2, 0.25) is 0 Å². The van der Waals surface area contributed by atoms with Crippen molar-refractivity contribution < 1.29 is 22.8 Å². The van der Waals surface area contributed by atoms with Crippen molar-refractivity contribution >= 4 is 56.0 Å². The third-order valence-corrected chi connectivity index (χ3v) is 8.18. The Hall–Kier alpha value is -3.80. The van der Waals surface area contributed by atoms with Gasteiger partial charge in [-0.3, -0.25) is 14.4 Å². The average Bonchev–Trinajstić information content (AvgIpc) is 3.25. The van der Waals surface area contributed by atoms with Crippen LogP contribution in [0, 0.1) is 0 Å². The maximum atomic E-state index is 13.0. The highest BCUT2D eigenvalue weighted by Gasteiger charge is 2.29. The number of carbonyl (C=O) groups is 3. The Balaban J connectivity index is 1.34. The summed E-state index contributed by atoms with van der Waals surface area (Å²) >= 11 is 1.22. The SMILES string of the molecule is CCCCn1c(SCC(=O)Nc2ccc3c(c2)C(=O)c2ccccc2C3=O)nc2cc(S(N)(=O)=O)ccc21. The fourth-order valence-electron chi connectivity index (χ4n) is 4.41. The fraction of sp³-hybridized carbons (Fsp3) is 0.185. The first kappa shape index (κ1) is 25.8. The van der Waals surface area contributed by atoms with Crippen molar-refractivity contribution in [3.8, 4) is 0 Å². The zero-order valence-electron chi connectivity index (χ0n) is 20.4. The van der Waals surface area contributed by atoms with Crippen LogP contribution in [-0.2, 0) is 21.4 Å². The minimum atomic E-state index is -3.87. The van der Waals surface area contributed by atoms with Crippen LogP contribution in [0.15, 0.2) is 70.7 Å². The summed E-state index contributed by atoms with van der Waals surface area (Å²) < 4.78 is 25.5. The maximum absolute atomic E-state index is 13.0. The van der Waals surface area contributed by atoms with E-state index in [-0.39, 0.29) is 33.7 Å². The number of aromatic nitrogens is 2. The van der Waals surface area contributed by atoms with Crippen LogP contribution in [0.1, 0.15) is 51.6 Å². The number of carbonyl (C=O) groups excluding carboxylic acids is 3. The molecule has 3 N–H and O–H groups in total. The van der Waals surface area contributed by atoms with Crippen molar-refractivity contribution in [3.05, 3.63) is 82.9 Å². The molecule has 0 aliphatic heterocycles. The Morgan fingerprint density at radius 3 is 2.34 bits per heavy atom. The molecule has 1 aliphatic rings. The molecule has 38 heavy (non-hydrogen) atoms. The third kappa shape index (κ3) is 4.87. The Morgan fingerprint density at radius 1 is 0.974 bits per heavy atom. The Labute approximate surface area is 223 Å². The minimum Gasteiger partial charge on any atom is -0.325 e. The quantitative estimate of drug-likeness (QED) is 0.279. The number of sulfonamides is 1. The number of aryl methyl sites for hydroxylation is 1. The number of nitrogens with two attached hydrogens (primary N) is 1. The number of unbranched alkanes of at least 4 members (excludes halogenated alkanes) is 1. The lowest BCUT2D eigenvalue weighted by atomic mass is 9.84. The second-order valence-corrected chi connectivity index (χ2v) is 11.4. The number of thioether (sulfide) groups is 1. The normalized spacial score (nSPS) is 12.9. The second kappa shape index (κ2) is 10.2. The van der Waals surface area contributed by atoms with E-state index < -0.39 is 10.0 Å². The number of primary sulfonamides is 1. The molecule has 5 rings (SSSR count). The van der Waals surface area contributed by atoms with Crippen LogP contribution in [0.25, 0.3) is 11.0 Å². The van der Waals surface area contributed by atoms with E-state index in [1.54, 1.807) is 42.5 Å². The molecule has 194 valence electrons. The number of amides is 1. The van der Waals surface area contributed by atoms with Crippen LogP contribution in [0.3, 0.4) is 0 Å². The molecular formula is C27H24N4O5S2. The zero-order valence-corrected chi connectivity index (χ0v) is 22.1. The summed E-state index contributed by atoms with van der Waals surface area (Å²) in [5.74, 6) is -0.766. The molecule has 0 unspecified atom stereocenters. The van der Waals surface area contributed by atoms with E-state index >= 15 is 0 Å². The third-order valence-electron chi connectivity index (χ3n) is 6.29. The van der Waals surface area contributed by atoms with Crippen LogP contribution >= 0.6 is 11.8 Å². The number of hydrogen-bond acceptors (Lipinski definition) is 7. The first-order valence-corrected chi connectivity index (χ1v) is 14.5. The molecule has 9 nitrogen and oxygen atoms in total. The molecular weight excluding hydrogens is 524 g/mol. The molecule has 1 heterocycles. The van der Waals surface area contributed by atoms with Gasteiger partial charge in [0.1, 0.15) is 0 Å². The van der Waals surface area contributed by atoms with Gasteiger partial charge in [-0.25, -0.2) is 18.5 Å². The highest BCUT2D eigenvalue weighted by atomic mass is 32.2. The van der Waals surface area contributed by atoms with Crippen molar-refractivity contribution in [1.82, 2.24) is 9.55 Å². The summed E-state index contributed by atoms with van der Waals surface area (Å²) in [4.78, 5) is 43.1. The van der Waals surface area contributed by atoms with E-state index in [4.69, 9.17) is 5.14 Å². The number of ketones is 2. The topological polar surface area (TPSA) is 141 Å². The standard InChI is InChI=1S/C27H24N4O5S2/c1-2-3-12-31-23-11-9-17(38(28,35)36)14-22(23)30-27(31)37-15-24(32)29-16-8-10-20-21(13-16)26(34)19-7-5-4-6-18(19)25(20)33/h4-11,13-14H,2-3,12,15H2,1H3,(H,29,32)(H2,28,35,36). The Bertz CT molecular complexity index is 1730. The summed E-state index contributed by atoms with van der Waals surface area (Å²) in [7, 11) is -3.87.